The average molecular weight is 476 g/mol. The molecule has 1 aliphatic rings. The number of aromatic nitrogens is 2. The first-order valence-electron chi connectivity index (χ1n) is 10.4. The number of nitrogen functional groups attached to an aromatic ring is 1. The molecule has 1 aliphatic heterocycles. The van der Waals surface area contributed by atoms with E-state index in [9.17, 15) is 17.6 Å². The molecule has 0 spiro atoms. The number of likely N-dealkylation sites (tertiary alicyclic amines) is 1. The second-order valence-corrected chi connectivity index (χ2v) is 10.7. The fourth-order valence-corrected chi connectivity index (χ4v) is 5.02. The number of rotatable bonds is 4. The van der Waals surface area contributed by atoms with Crippen molar-refractivity contribution >= 4 is 38.5 Å². The maximum atomic E-state index is 14.8. The Labute approximate surface area is 191 Å². The fraction of sp³-hybridized carbons (Fsp3) is 0.364. The molecule has 0 saturated carbocycles. The molecule has 0 radical (unpaired) electrons. The largest absolute Gasteiger partial charge is 0.444 e. The average Bonchev–Trinajstić information content (AvgIpc) is 3.34. The lowest BCUT2D eigenvalue weighted by Crippen LogP contribution is -2.36. The first-order chi connectivity index (χ1) is 15.5. The molecule has 1 aromatic carbocycles. The number of anilines is 2. The minimum absolute atomic E-state index is 0.0718. The van der Waals surface area contributed by atoms with E-state index in [-0.39, 0.29) is 29.3 Å². The highest BCUT2D eigenvalue weighted by atomic mass is 32.2. The number of alkyl halides is 1. The van der Waals surface area contributed by atoms with Crippen LogP contribution in [0.1, 0.15) is 20.8 Å². The normalized spacial score (nSPS) is 19.1. The van der Waals surface area contributed by atoms with Gasteiger partial charge in [0.25, 0.3) is 10.0 Å². The van der Waals surface area contributed by atoms with Gasteiger partial charge in [-0.25, -0.2) is 26.6 Å². The Morgan fingerprint density at radius 2 is 1.91 bits per heavy atom. The number of carbonyl (C=O) groups excluding carboxylic acids is 1. The number of pyridine rings is 1. The summed E-state index contributed by atoms with van der Waals surface area (Å²) in [4.78, 5) is 18.0. The highest BCUT2D eigenvalue weighted by Gasteiger charge is 2.38. The van der Waals surface area contributed by atoms with Gasteiger partial charge < -0.3 is 20.7 Å². The summed E-state index contributed by atoms with van der Waals surface area (Å²) >= 11 is 0. The summed E-state index contributed by atoms with van der Waals surface area (Å²) < 4.78 is 47.4. The molecule has 3 heterocycles. The van der Waals surface area contributed by atoms with Gasteiger partial charge in [0.2, 0.25) is 0 Å². The van der Waals surface area contributed by atoms with Crippen molar-refractivity contribution in [2.24, 2.45) is 0 Å². The Balaban J connectivity index is 1.63. The molecule has 11 heteroatoms. The Morgan fingerprint density at radius 1 is 1.21 bits per heavy atom. The molecule has 1 saturated heterocycles. The lowest BCUT2D eigenvalue weighted by atomic mass is 10.2. The molecule has 0 unspecified atom stereocenters. The van der Waals surface area contributed by atoms with Crippen LogP contribution in [0.3, 0.4) is 0 Å². The van der Waals surface area contributed by atoms with Gasteiger partial charge in [-0.05, 0) is 39.0 Å². The number of nitrogens with one attached hydrogen (secondary N) is 1. The highest BCUT2D eigenvalue weighted by Crippen LogP contribution is 2.32. The molecule has 3 aromatic rings. The molecular weight excluding hydrogens is 449 g/mol. The Bertz CT molecular complexity index is 1290. The van der Waals surface area contributed by atoms with Crippen LogP contribution in [-0.2, 0) is 14.8 Å². The summed E-state index contributed by atoms with van der Waals surface area (Å²) in [5, 5.41) is 3.48. The van der Waals surface area contributed by atoms with Gasteiger partial charge in [-0.3, -0.25) is 0 Å². The third-order valence-corrected chi connectivity index (χ3v) is 6.92. The molecule has 4 rings (SSSR count). The summed E-state index contributed by atoms with van der Waals surface area (Å²) in [6.07, 6.45) is 0.756. The molecule has 1 amide bonds. The molecule has 0 aliphatic carbocycles. The number of carbonyl (C=O) groups is 1. The molecule has 9 nitrogen and oxygen atoms in total. The van der Waals surface area contributed by atoms with E-state index < -0.39 is 33.9 Å². The second-order valence-electron chi connectivity index (χ2n) is 8.91. The van der Waals surface area contributed by atoms with E-state index in [2.05, 4.69) is 10.3 Å². The zero-order chi connectivity index (χ0) is 24.0. The van der Waals surface area contributed by atoms with Gasteiger partial charge in [-0.2, -0.15) is 0 Å². The van der Waals surface area contributed by atoms with Gasteiger partial charge in [-0.1, -0.05) is 18.2 Å². The maximum Gasteiger partial charge on any atom is 0.410 e. The molecule has 2 aromatic heterocycles. The van der Waals surface area contributed by atoms with Crippen molar-refractivity contribution in [1.82, 2.24) is 13.9 Å². The summed E-state index contributed by atoms with van der Waals surface area (Å²) in [6, 6.07) is 8.80. The van der Waals surface area contributed by atoms with Gasteiger partial charge in [0, 0.05) is 18.1 Å². The molecule has 2 atom stereocenters. The van der Waals surface area contributed by atoms with Crippen LogP contribution in [0.25, 0.3) is 11.0 Å². The van der Waals surface area contributed by atoms with E-state index >= 15 is 0 Å². The van der Waals surface area contributed by atoms with Crippen LogP contribution in [0.2, 0.25) is 0 Å². The quantitative estimate of drug-likeness (QED) is 0.594. The van der Waals surface area contributed by atoms with E-state index in [0.717, 1.165) is 3.97 Å². The van der Waals surface area contributed by atoms with E-state index in [4.69, 9.17) is 10.5 Å². The van der Waals surface area contributed by atoms with E-state index in [1.54, 1.807) is 45.0 Å². The minimum atomic E-state index is -3.89. The second kappa shape index (κ2) is 8.22. The molecule has 33 heavy (non-hydrogen) atoms. The number of benzene rings is 1. The standard InChI is InChI=1S/C22H26FN5O4S/c1-22(2,3)32-21(29)27-12-16(23)18(13-27)26-19-15-9-10-28(20(15)25-11-17(19)24)33(30,31)14-7-5-4-6-8-14/h4-11,16,18H,12-13,24H2,1-3H3,(H,25,26)/t16-,18-/m1/s1. The van der Waals surface area contributed by atoms with Gasteiger partial charge in [-0.15, -0.1) is 0 Å². The monoisotopic (exact) mass is 475 g/mol. The molecule has 1 fully saturated rings. The van der Waals surface area contributed by atoms with Gasteiger partial charge in [0.1, 0.15) is 11.8 Å². The number of nitrogens with zero attached hydrogens (tertiary/aromatic N) is 3. The Morgan fingerprint density at radius 3 is 2.58 bits per heavy atom. The van der Waals surface area contributed by atoms with Crippen LogP contribution in [0, 0.1) is 0 Å². The summed E-state index contributed by atoms with van der Waals surface area (Å²) in [5.74, 6) is 0. The molecule has 0 bridgehead atoms. The van der Waals surface area contributed by atoms with Crippen molar-refractivity contribution in [2.45, 2.75) is 43.5 Å². The summed E-state index contributed by atoms with van der Waals surface area (Å²) in [6.45, 7) is 5.18. The Hall–Kier alpha value is -3.34. The number of halogens is 1. The van der Waals surface area contributed by atoms with Gasteiger partial charge >= 0.3 is 6.09 Å². The van der Waals surface area contributed by atoms with Crippen LogP contribution in [0.15, 0.2) is 53.7 Å². The number of ether oxygens (including phenoxy) is 1. The first kappa shape index (κ1) is 22.8. The van der Waals surface area contributed by atoms with Crippen LogP contribution >= 0.6 is 0 Å². The molecule has 3 N–H and O–H groups in total. The number of hydrogen-bond acceptors (Lipinski definition) is 7. The predicted octanol–water partition coefficient (Wildman–Crippen LogP) is 3.22. The van der Waals surface area contributed by atoms with Gasteiger partial charge in [0.15, 0.2) is 5.65 Å². The summed E-state index contributed by atoms with van der Waals surface area (Å²) in [5.41, 5.74) is 6.17. The van der Waals surface area contributed by atoms with Crippen molar-refractivity contribution < 1.29 is 22.3 Å². The van der Waals surface area contributed by atoms with Gasteiger partial charge in [0.05, 0.1) is 35.1 Å². The summed E-state index contributed by atoms with van der Waals surface area (Å²) in [7, 11) is -3.89. The SMILES string of the molecule is CC(C)(C)OC(=O)N1C[C@@H](F)[C@H](Nc2c(N)cnc3c2ccn3S(=O)(=O)c2ccccc2)C1. The van der Waals surface area contributed by atoms with E-state index in [1.165, 1.54) is 29.4 Å². The van der Waals surface area contributed by atoms with Crippen molar-refractivity contribution in [3.63, 3.8) is 0 Å². The fourth-order valence-electron chi connectivity index (χ4n) is 3.70. The number of fused-ring (bicyclic) bond motifs is 1. The zero-order valence-electron chi connectivity index (χ0n) is 18.5. The molecular formula is C22H26FN5O4S. The highest BCUT2D eigenvalue weighted by molar-refractivity contribution is 7.90. The third-order valence-electron chi connectivity index (χ3n) is 5.24. The van der Waals surface area contributed by atoms with Crippen molar-refractivity contribution in [3.05, 3.63) is 48.8 Å². The van der Waals surface area contributed by atoms with Crippen LogP contribution in [-0.4, -0.2) is 59.3 Å². The smallest absolute Gasteiger partial charge is 0.410 e. The lowest BCUT2D eigenvalue weighted by molar-refractivity contribution is 0.0283. The van der Waals surface area contributed by atoms with Crippen LogP contribution in [0.4, 0.5) is 20.6 Å². The Kier molecular flexibility index (Phi) is 5.69. The number of nitrogens with two attached hydrogens (primary N) is 1. The van der Waals surface area contributed by atoms with E-state index in [0.29, 0.717) is 11.1 Å². The van der Waals surface area contributed by atoms with Crippen LogP contribution < -0.4 is 11.1 Å². The maximum absolute atomic E-state index is 14.8. The van der Waals surface area contributed by atoms with Crippen molar-refractivity contribution in [1.29, 1.82) is 0 Å². The number of amides is 1. The first-order valence-corrected chi connectivity index (χ1v) is 11.9. The predicted molar refractivity (Wildman–Crippen MR) is 123 cm³/mol. The third kappa shape index (κ3) is 4.45. The van der Waals surface area contributed by atoms with Crippen molar-refractivity contribution in [3.8, 4) is 0 Å². The zero-order valence-corrected chi connectivity index (χ0v) is 19.3. The van der Waals surface area contributed by atoms with E-state index in [1.807, 2.05) is 0 Å². The number of hydrogen-bond donors (Lipinski definition) is 2. The van der Waals surface area contributed by atoms with Crippen molar-refractivity contribution in [2.75, 3.05) is 24.1 Å². The minimum Gasteiger partial charge on any atom is -0.444 e. The topological polar surface area (TPSA) is 120 Å². The molecule has 176 valence electrons. The lowest BCUT2D eigenvalue weighted by Gasteiger charge is -2.24. The van der Waals surface area contributed by atoms with Crippen LogP contribution in [0.5, 0.6) is 0 Å².